The maximum Gasteiger partial charge on any atom is 0.407 e. The number of ether oxygens (including phenoxy) is 1. The van der Waals surface area contributed by atoms with Crippen LogP contribution in [0.25, 0.3) is 0 Å². The minimum Gasteiger partial charge on any atom is -0.446 e. The molecule has 0 aliphatic rings. The highest BCUT2D eigenvalue weighted by atomic mass is 16.6. The zero-order valence-corrected chi connectivity index (χ0v) is 31.2. The van der Waals surface area contributed by atoms with Crippen LogP contribution in [0.15, 0.2) is 59.6 Å². The summed E-state index contributed by atoms with van der Waals surface area (Å²) in [5, 5.41) is 8.54. The first kappa shape index (κ1) is 46.0. The number of nitrogens with zero attached hydrogens (tertiary/aromatic N) is 1. The molecule has 0 saturated carbocycles. The van der Waals surface area contributed by atoms with E-state index in [0.717, 1.165) is 30.4 Å². The highest BCUT2D eigenvalue weighted by Gasteiger charge is 2.28. The lowest BCUT2D eigenvalue weighted by Gasteiger charge is -2.32. The van der Waals surface area contributed by atoms with Crippen LogP contribution < -0.4 is 27.4 Å². The Kier molecular flexibility index (Phi) is 23.9. The van der Waals surface area contributed by atoms with Crippen molar-refractivity contribution in [1.82, 2.24) is 16.0 Å². The predicted molar refractivity (Wildman–Crippen MR) is 197 cm³/mol. The second-order valence-electron chi connectivity index (χ2n) is 13.3. The van der Waals surface area contributed by atoms with E-state index in [4.69, 9.17) is 15.3 Å². The van der Waals surface area contributed by atoms with E-state index in [0.29, 0.717) is 30.3 Å². The molecular formula is C37H64N6O5. The summed E-state index contributed by atoms with van der Waals surface area (Å²) < 4.78 is 5.30. The average Bonchev–Trinajstić information content (AvgIpc) is 3.02. The van der Waals surface area contributed by atoms with Gasteiger partial charge in [0.1, 0.15) is 11.9 Å². The van der Waals surface area contributed by atoms with Crippen LogP contribution in [-0.4, -0.2) is 54.9 Å². The minimum absolute atomic E-state index is 0.0433. The smallest absolute Gasteiger partial charge is 0.407 e. The van der Waals surface area contributed by atoms with Crippen LogP contribution in [0.5, 0.6) is 0 Å². The van der Waals surface area contributed by atoms with Gasteiger partial charge in [0.2, 0.25) is 18.2 Å². The highest BCUT2D eigenvalue weighted by molar-refractivity contribution is 5.97. The molecule has 0 spiro atoms. The highest BCUT2D eigenvalue weighted by Crippen LogP contribution is 2.24. The topological polar surface area (TPSA) is 178 Å². The van der Waals surface area contributed by atoms with Crippen LogP contribution in [0.3, 0.4) is 0 Å². The van der Waals surface area contributed by atoms with E-state index in [9.17, 15) is 14.4 Å². The number of nitrogens with one attached hydrogen (secondary N) is 3. The molecule has 1 rings (SSSR count). The monoisotopic (exact) mass is 672 g/mol. The summed E-state index contributed by atoms with van der Waals surface area (Å²) in [5.41, 5.74) is 12.3. The zero-order valence-electron chi connectivity index (χ0n) is 31.2. The fourth-order valence-corrected chi connectivity index (χ4v) is 4.20. The molecule has 0 radical (unpaired) electrons. The molecule has 0 aliphatic heterocycles. The molecule has 4 atom stereocenters. The van der Waals surface area contributed by atoms with Crippen LogP contribution >= 0.6 is 0 Å². The van der Waals surface area contributed by atoms with E-state index < -0.39 is 0 Å². The first-order valence-corrected chi connectivity index (χ1v) is 16.7. The van der Waals surface area contributed by atoms with Gasteiger partial charge in [-0.1, -0.05) is 117 Å². The quantitative estimate of drug-likeness (QED) is 0.0488. The first-order valence-electron chi connectivity index (χ1n) is 16.7. The Morgan fingerprint density at radius 2 is 1.58 bits per heavy atom. The maximum atomic E-state index is 12.4. The Hall–Kier alpha value is -4.15. The number of hydrogen-bond acceptors (Lipinski definition) is 6. The van der Waals surface area contributed by atoms with Crippen molar-refractivity contribution in [3.8, 4) is 0 Å². The van der Waals surface area contributed by atoms with Crippen LogP contribution in [-0.2, 0) is 25.7 Å². The Balaban J connectivity index is 0. The molecule has 0 bridgehead atoms. The van der Waals surface area contributed by atoms with Gasteiger partial charge in [0.25, 0.3) is 0 Å². The molecule has 0 saturated heterocycles. The second kappa shape index (κ2) is 24.9. The van der Waals surface area contributed by atoms with Gasteiger partial charge < -0.3 is 32.2 Å². The van der Waals surface area contributed by atoms with Crippen molar-refractivity contribution in [2.24, 2.45) is 33.7 Å². The SMILES string of the molecule is C=C(C(=O)NCC(N)=NCc1ccccc1)C(CC)NC(=O)C(C)CCCC.C=C(C)C(NC(=O)OC(C)C(C)C)C(C)(C)C.NC=O. The number of carbonyl (C=O) groups excluding carboxylic acids is 4. The number of nitrogens with two attached hydrogens (primary N) is 2. The maximum absolute atomic E-state index is 12.4. The molecule has 0 fully saturated rings. The number of carbonyl (C=O) groups is 4. The summed E-state index contributed by atoms with van der Waals surface area (Å²) >= 11 is 0. The largest absolute Gasteiger partial charge is 0.446 e. The van der Waals surface area contributed by atoms with Crippen LogP contribution in [0.2, 0.25) is 0 Å². The molecule has 1 aromatic carbocycles. The molecule has 11 nitrogen and oxygen atoms in total. The fraction of sp³-hybridized carbons (Fsp3) is 0.595. The predicted octanol–water partition coefficient (Wildman–Crippen LogP) is 5.79. The lowest BCUT2D eigenvalue weighted by atomic mass is 9.83. The third kappa shape index (κ3) is 20.9. The Bertz CT molecular complexity index is 1160. The van der Waals surface area contributed by atoms with Crippen molar-refractivity contribution in [3.05, 3.63) is 60.2 Å². The molecule has 0 aromatic heterocycles. The number of amidine groups is 1. The van der Waals surface area contributed by atoms with E-state index in [1.165, 1.54) is 0 Å². The molecule has 0 aliphatic carbocycles. The van der Waals surface area contributed by atoms with Gasteiger partial charge in [0, 0.05) is 11.5 Å². The van der Waals surface area contributed by atoms with E-state index >= 15 is 0 Å². The number of primary amides is 1. The van der Waals surface area contributed by atoms with Gasteiger partial charge in [-0.2, -0.15) is 0 Å². The molecular weight excluding hydrogens is 608 g/mol. The number of alkyl carbamates (subject to hydrolysis) is 1. The van der Waals surface area contributed by atoms with E-state index in [-0.39, 0.29) is 60.4 Å². The summed E-state index contributed by atoms with van der Waals surface area (Å²) in [7, 11) is 0. The van der Waals surface area contributed by atoms with Gasteiger partial charge >= 0.3 is 6.09 Å². The van der Waals surface area contributed by atoms with Crippen LogP contribution in [0, 0.1) is 17.3 Å². The van der Waals surface area contributed by atoms with Gasteiger partial charge in [-0.25, -0.2) is 4.79 Å². The third-order valence-electron chi connectivity index (χ3n) is 7.47. The van der Waals surface area contributed by atoms with E-state index in [2.05, 4.69) is 67.5 Å². The molecule has 1 aromatic rings. The lowest BCUT2D eigenvalue weighted by molar-refractivity contribution is -0.125. The van der Waals surface area contributed by atoms with Crippen molar-refractivity contribution in [3.63, 3.8) is 0 Å². The number of rotatable bonds is 16. The minimum atomic E-state index is -0.390. The Labute approximate surface area is 289 Å². The lowest BCUT2D eigenvalue weighted by Crippen LogP contribution is -2.45. The zero-order chi connectivity index (χ0) is 37.4. The van der Waals surface area contributed by atoms with E-state index in [1.807, 2.05) is 71.9 Å². The summed E-state index contributed by atoms with van der Waals surface area (Å²) in [6.07, 6.45) is 3.29. The third-order valence-corrected chi connectivity index (χ3v) is 7.47. The van der Waals surface area contributed by atoms with E-state index in [1.54, 1.807) is 0 Å². The average molecular weight is 673 g/mol. The van der Waals surface area contributed by atoms with Gasteiger partial charge in [0.15, 0.2) is 0 Å². The molecule has 48 heavy (non-hydrogen) atoms. The number of aliphatic imine (C=N–C) groups is 1. The summed E-state index contributed by atoms with van der Waals surface area (Å²) in [5.74, 6) is 0.212. The molecule has 272 valence electrons. The van der Waals surface area contributed by atoms with Crippen LogP contribution in [0.1, 0.15) is 100 Å². The summed E-state index contributed by atoms with van der Waals surface area (Å²) in [6, 6.07) is 9.29. The second-order valence-corrected chi connectivity index (χ2v) is 13.3. The molecule has 4 unspecified atom stereocenters. The molecule has 7 N–H and O–H groups in total. The standard InChI is InChI=1S/C22H34N4O2.C14H27NO2.CH3NO/c1-5-7-11-16(3)21(27)26-19(6-2)17(4)22(28)25-15-20(23)24-14-18-12-9-8-10-13-18;1-9(2)11(5)17-13(16)15-12(10(3)4)14(6,7)8;2-1-3/h8-10,12-13,16,19H,4-7,11,14-15H2,1-3H3,(H2,23,24)(H,25,28)(H,26,27);9,11-12H,3H2,1-2,4-8H3,(H,15,16);1H,(H2,2,3). The number of hydrogen-bond donors (Lipinski definition) is 5. The van der Waals surface area contributed by atoms with Crippen molar-refractivity contribution < 1.29 is 23.9 Å². The van der Waals surface area contributed by atoms with Crippen molar-refractivity contribution in [2.45, 2.75) is 120 Å². The first-order chi connectivity index (χ1) is 22.4. The van der Waals surface area contributed by atoms with Gasteiger partial charge in [-0.05, 0) is 43.6 Å². The molecule has 4 amide bonds. The van der Waals surface area contributed by atoms with Crippen molar-refractivity contribution >= 4 is 30.2 Å². The van der Waals surface area contributed by atoms with Gasteiger partial charge in [0.05, 0.1) is 25.2 Å². The van der Waals surface area contributed by atoms with Crippen molar-refractivity contribution in [2.75, 3.05) is 6.54 Å². The molecule has 11 heteroatoms. The van der Waals surface area contributed by atoms with Gasteiger partial charge in [-0.15, -0.1) is 0 Å². The van der Waals surface area contributed by atoms with Crippen LogP contribution in [0.4, 0.5) is 4.79 Å². The number of unbranched alkanes of at least 4 members (excludes halogenated alkanes) is 1. The summed E-state index contributed by atoms with van der Waals surface area (Å²) in [4.78, 5) is 49.3. The number of amides is 4. The summed E-state index contributed by atoms with van der Waals surface area (Å²) in [6.45, 7) is 28.4. The van der Waals surface area contributed by atoms with Gasteiger partial charge in [-0.3, -0.25) is 19.4 Å². The Morgan fingerprint density at radius 1 is 1.02 bits per heavy atom. The normalized spacial score (nSPS) is 13.5. The fourth-order valence-electron chi connectivity index (χ4n) is 4.20. The van der Waals surface area contributed by atoms with Crippen molar-refractivity contribution in [1.29, 1.82) is 0 Å². The Morgan fingerprint density at radius 3 is 2.04 bits per heavy atom. The number of benzene rings is 1. The molecule has 0 heterocycles.